The van der Waals surface area contributed by atoms with E-state index < -0.39 is 5.97 Å². The Hall–Kier alpha value is -0.910. The molecule has 0 aliphatic carbocycles. The van der Waals surface area contributed by atoms with E-state index in [1.54, 1.807) is 0 Å². The zero-order valence-electron chi connectivity index (χ0n) is 10.5. The molecule has 0 atom stereocenters. The van der Waals surface area contributed by atoms with E-state index in [0.717, 1.165) is 18.7 Å². The first kappa shape index (κ1) is 13.5. The van der Waals surface area contributed by atoms with Crippen LogP contribution in [0.15, 0.2) is 11.4 Å². The second kappa shape index (κ2) is 6.87. The Morgan fingerprint density at radius 2 is 2.17 bits per heavy atom. The zero-order chi connectivity index (χ0) is 12.8. The summed E-state index contributed by atoms with van der Waals surface area (Å²) in [5.41, 5.74) is 0.895. The lowest BCUT2D eigenvalue weighted by Gasteiger charge is -2.26. The number of carboxylic acids is 1. The van der Waals surface area contributed by atoms with Gasteiger partial charge in [-0.15, -0.1) is 11.3 Å². The minimum absolute atomic E-state index is 0.459. The standard InChI is InChI=1S/C13H20N2O2S/c16-13(17)12-11(4-9-18-12)10-14-5-8-15-6-2-1-3-7-15/h4,9,14H,1-3,5-8,10H2,(H,16,17). The van der Waals surface area contributed by atoms with Crippen LogP contribution in [-0.4, -0.2) is 42.2 Å². The van der Waals surface area contributed by atoms with Gasteiger partial charge in [0.05, 0.1) is 0 Å². The Morgan fingerprint density at radius 3 is 2.89 bits per heavy atom. The second-order valence-electron chi connectivity index (χ2n) is 4.66. The molecule has 0 unspecified atom stereocenters. The van der Waals surface area contributed by atoms with E-state index in [4.69, 9.17) is 5.11 Å². The quantitative estimate of drug-likeness (QED) is 0.775. The summed E-state index contributed by atoms with van der Waals surface area (Å²) in [7, 11) is 0. The first-order valence-corrected chi connectivity index (χ1v) is 7.38. The summed E-state index contributed by atoms with van der Waals surface area (Å²) in [5.74, 6) is -0.821. The maximum atomic E-state index is 10.9. The molecule has 0 amide bonds. The van der Waals surface area contributed by atoms with Crippen LogP contribution in [0, 0.1) is 0 Å². The van der Waals surface area contributed by atoms with Crippen LogP contribution in [0.3, 0.4) is 0 Å². The van der Waals surface area contributed by atoms with Gasteiger partial charge in [0.25, 0.3) is 0 Å². The number of likely N-dealkylation sites (tertiary alicyclic amines) is 1. The third-order valence-electron chi connectivity index (χ3n) is 3.31. The third-order valence-corrected chi connectivity index (χ3v) is 4.25. The van der Waals surface area contributed by atoms with E-state index in [9.17, 15) is 4.79 Å². The van der Waals surface area contributed by atoms with Crippen molar-refractivity contribution in [2.24, 2.45) is 0 Å². The fraction of sp³-hybridized carbons (Fsp3) is 0.615. The number of nitrogens with one attached hydrogen (secondary N) is 1. The van der Waals surface area contributed by atoms with E-state index in [-0.39, 0.29) is 0 Å². The van der Waals surface area contributed by atoms with Crippen LogP contribution in [0.4, 0.5) is 0 Å². The third kappa shape index (κ3) is 3.80. The summed E-state index contributed by atoms with van der Waals surface area (Å²) in [5, 5.41) is 14.2. The van der Waals surface area contributed by atoms with Gasteiger partial charge >= 0.3 is 5.97 Å². The fourth-order valence-electron chi connectivity index (χ4n) is 2.31. The summed E-state index contributed by atoms with van der Waals surface area (Å²) in [6.45, 7) is 5.06. The van der Waals surface area contributed by atoms with Crippen LogP contribution in [-0.2, 0) is 6.54 Å². The monoisotopic (exact) mass is 268 g/mol. The van der Waals surface area contributed by atoms with E-state index in [1.165, 1.54) is 43.7 Å². The molecule has 1 aromatic heterocycles. The lowest BCUT2D eigenvalue weighted by Crippen LogP contribution is -2.35. The SMILES string of the molecule is O=C(O)c1sccc1CNCCN1CCCCC1. The number of thiophene rings is 1. The molecule has 1 aliphatic rings. The first-order valence-electron chi connectivity index (χ1n) is 6.50. The summed E-state index contributed by atoms with van der Waals surface area (Å²) in [6, 6.07) is 1.89. The summed E-state index contributed by atoms with van der Waals surface area (Å²) >= 11 is 1.29. The van der Waals surface area contributed by atoms with Gasteiger partial charge in [-0.25, -0.2) is 4.79 Å². The number of carbonyl (C=O) groups is 1. The number of hydrogen-bond acceptors (Lipinski definition) is 4. The van der Waals surface area contributed by atoms with Crippen molar-refractivity contribution in [1.29, 1.82) is 0 Å². The molecule has 1 aliphatic heterocycles. The highest BCUT2D eigenvalue weighted by molar-refractivity contribution is 7.12. The zero-order valence-corrected chi connectivity index (χ0v) is 11.3. The van der Waals surface area contributed by atoms with Crippen molar-refractivity contribution in [3.05, 3.63) is 21.9 Å². The van der Waals surface area contributed by atoms with Crippen LogP contribution in [0.5, 0.6) is 0 Å². The van der Waals surface area contributed by atoms with Gasteiger partial charge in [-0.05, 0) is 42.9 Å². The molecule has 2 rings (SSSR count). The molecular weight excluding hydrogens is 248 g/mol. The molecule has 18 heavy (non-hydrogen) atoms. The van der Waals surface area contributed by atoms with Gasteiger partial charge < -0.3 is 15.3 Å². The number of piperidine rings is 1. The van der Waals surface area contributed by atoms with Crippen molar-refractivity contribution in [1.82, 2.24) is 10.2 Å². The highest BCUT2D eigenvalue weighted by Gasteiger charge is 2.12. The van der Waals surface area contributed by atoms with Crippen molar-refractivity contribution in [2.75, 3.05) is 26.2 Å². The molecule has 0 bridgehead atoms. The van der Waals surface area contributed by atoms with Crippen LogP contribution >= 0.6 is 11.3 Å². The molecule has 0 spiro atoms. The largest absolute Gasteiger partial charge is 0.477 e. The second-order valence-corrected chi connectivity index (χ2v) is 5.58. The topological polar surface area (TPSA) is 52.6 Å². The predicted octanol–water partition coefficient (Wildman–Crippen LogP) is 2.02. The fourth-order valence-corrected chi connectivity index (χ4v) is 3.07. The van der Waals surface area contributed by atoms with Crippen LogP contribution < -0.4 is 5.32 Å². The first-order chi connectivity index (χ1) is 8.77. The Balaban J connectivity index is 1.68. The predicted molar refractivity (Wildman–Crippen MR) is 73.3 cm³/mol. The van der Waals surface area contributed by atoms with E-state index in [0.29, 0.717) is 11.4 Å². The molecule has 5 heteroatoms. The van der Waals surface area contributed by atoms with Crippen molar-refractivity contribution in [3.63, 3.8) is 0 Å². The Kier molecular flexibility index (Phi) is 5.16. The van der Waals surface area contributed by atoms with Crippen LogP contribution in [0.1, 0.15) is 34.5 Å². The van der Waals surface area contributed by atoms with Crippen molar-refractivity contribution >= 4 is 17.3 Å². The van der Waals surface area contributed by atoms with Gasteiger partial charge in [-0.3, -0.25) is 0 Å². The Morgan fingerprint density at radius 1 is 1.39 bits per heavy atom. The number of carboxylic acid groups (broad SMARTS) is 1. The number of nitrogens with zero attached hydrogens (tertiary/aromatic N) is 1. The molecule has 2 N–H and O–H groups in total. The molecule has 1 saturated heterocycles. The van der Waals surface area contributed by atoms with E-state index >= 15 is 0 Å². The summed E-state index contributed by atoms with van der Waals surface area (Å²) in [6.07, 6.45) is 3.99. The van der Waals surface area contributed by atoms with Gasteiger partial charge in [0.15, 0.2) is 0 Å². The number of rotatable bonds is 6. The van der Waals surface area contributed by atoms with Crippen molar-refractivity contribution < 1.29 is 9.90 Å². The smallest absolute Gasteiger partial charge is 0.346 e. The highest BCUT2D eigenvalue weighted by Crippen LogP contribution is 2.16. The lowest BCUT2D eigenvalue weighted by atomic mass is 10.1. The number of aromatic carboxylic acids is 1. The van der Waals surface area contributed by atoms with Gasteiger partial charge in [-0.2, -0.15) is 0 Å². The summed E-state index contributed by atoms with van der Waals surface area (Å²) < 4.78 is 0. The Bertz CT molecular complexity index is 386. The molecule has 0 aromatic carbocycles. The van der Waals surface area contributed by atoms with Crippen molar-refractivity contribution in [3.8, 4) is 0 Å². The molecule has 100 valence electrons. The van der Waals surface area contributed by atoms with Crippen molar-refractivity contribution in [2.45, 2.75) is 25.8 Å². The molecular formula is C13H20N2O2S. The number of hydrogen-bond donors (Lipinski definition) is 2. The normalized spacial score (nSPS) is 16.9. The summed E-state index contributed by atoms with van der Waals surface area (Å²) in [4.78, 5) is 13.9. The average Bonchev–Trinajstić information content (AvgIpc) is 2.84. The van der Waals surface area contributed by atoms with Gasteiger partial charge in [0, 0.05) is 19.6 Å². The molecule has 2 heterocycles. The molecule has 0 radical (unpaired) electrons. The maximum Gasteiger partial charge on any atom is 0.346 e. The van der Waals surface area contributed by atoms with E-state index in [1.807, 2.05) is 11.4 Å². The van der Waals surface area contributed by atoms with Crippen LogP contribution in [0.2, 0.25) is 0 Å². The maximum absolute atomic E-state index is 10.9. The van der Waals surface area contributed by atoms with Crippen LogP contribution in [0.25, 0.3) is 0 Å². The van der Waals surface area contributed by atoms with E-state index in [2.05, 4.69) is 10.2 Å². The Labute approximate surface area is 112 Å². The molecule has 0 saturated carbocycles. The molecule has 1 fully saturated rings. The highest BCUT2D eigenvalue weighted by atomic mass is 32.1. The minimum atomic E-state index is -0.821. The average molecular weight is 268 g/mol. The molecule has 4 nitrogen and oxygen atoms in total. The van der Waals surface area contributed by atoms with Gasteiger partial charge in [-0.1, -0.05) is 6.42 Å². The van der Waals surface area contributed by atoms with Gasteiger partial charge in [0.2, 0.25) is 0 Å². The van der Waals surface area contributed by atoms with Gasteiger partial charge in [0.1, 0.15) is 4.88 Å². The molecule has 1 aromatic rings. The minimum Gasteiger partial charge on any atom is -0.477 e. The lowest BCUT2D eigenvalue weighted by molar-refractivity contribution is 0.0701.